The van der Waals surface area contributed by atoms with Crippen molar-refractivity contribution in [3.8, 4) is 0 Å². The summed E-state index contributed by atoms with van der Waals surface area (Å²) in [6.07, 6.45) is 6.08. The molecule has 0 spiro atoms. The van der Waals surface area contributed by atoms with Gasteiger partial charge in [-0.1, -0.05) is 36.4 Å². The molecule has 1 heterocycles. The third-order valence-corrected chi connectivity index (χ3v) is 5.53. The van der Waals surface area contributed by atoms with Crippen LogP contribution >= 0.6 is 0 Å². The van der Waals surface area contributed by atoms with Crippen LogP contribution in [0.5, 0.6) is 0 Å². The Balaban J connectivity index is 1.46. The molecule has 0 saturated carbocycles. The number of rotatable bonds is 7. The van der Waals surface area contributed by atoms with E-state index in [1.807, 2.05) is 0 Å². The minimum absolute atomic E-state index is 0.124. The smallest absolute Gasteiger partial charge is 0.0682 e. The van der Waals surface area contributed by atoms with Crippen molar-refractivity contribution in [2.75, 3.05) is 6.54 Å². The van der Waals surface area contributed by atoms with Crippen molar-refractivity contribution < 1.29 is 5.11 Å². The highest BCUT2D eigenvalue weighted by molar-refractivity contribution is 5.86. The second kappa shape index (κ2) is 8.07. The first-order valence-electron chi connectivity index (χ1n) is 9.85. The zero-order valence-electron chi connectivity index (χ0n) is 15.4. The van der Waals surface area contributed by atoms with Crippen LogP contribution in [0.1, 0.15) is 41.6 Å². The first-order chi connectivity index (χ1) is 12.9. The van der Waals surface area contributed by atoms with Gasteiger partial charge in [-0.25, -0.2) is 0 Å². The van der Waals surface area contributed by atoms with Gasteiger partial charge in [0.05, 0.1) is 6.61 Å². The molecule has 1 aliphatic rings. The van der Waals surface area contributed by atoms with Gasteiger partial charge in [0.25, 0.3) is 0 Å². The Kier molecular flexibility index (Phi) is 5.37. The van der Waals surface area contributed by atoms with E-state index in [0.717, 1.165) is 31.6 Å². The van der Waals surface area contributed by atoms with E-state index in [4.69, 9.17) is 0 Å². The number of hydrogen-bond donors (Lipinski definition) is 2. The topological polar surface area (TPSA) is 37.2 Å². The van der Waals surface area contributed by atoms with Crippen molar-refractivity contribution in [2.45, 2.75) is 51.8 Å². The number of nitrogens with zero attached hydrogens (tertiary/aromatic N) is 1. The number of benzene rings is 2. The van der Waals surface area contributed by atoms with Crippen LogP contribution in [0.15, 0.2) is 48.5 Å². The number of fused-ring (bicyclic) bond motifs is 3. The lowest BCUT2D eigenvalue weighted by Crippen LogP contribution is -2.17. The van der Waals surface area contributed by atoms with Gasteiger partial charge in [0.1, 0.15) is 0 Å². The summed E-state index contributed by atoms with van der Waals surface area (Å²) in [5.74, 6) is 0. The van der Waals surface area contributed by atoms with E-state index >= 15 is 0 Å². The highest BCUT2D eigenvalue weighted by Gasteiger charge is 2.19. The largest absolute Gasteiger partial charge is 0.392 e. The first kappa shape index (κ1) is 17.3. The number of aromatic nitrogens is 1. The first-order valence-corrected chi connectivity index (χ1v) is 9.85. The molecule has 1 aliphatic carbocycles. The van der Waals surface area contributed by atoms with Gasteiger partial charge in [0, 0.05) is 29.7 Å². The summed E-state index contributed by atoms with van der Waals surface area (Å²) in [5.41, 5.74) is 6.76. The van der Waals surface area contributed by atoms with Crippen molar-refractivity contribution in [3.63, 3.8) is 0 Å². The zero-order chi connectivity index (χ0) is 17.8. The fourth-order valence-electron chi connectivity index (χ4n) is 4.23. The molecule has 3 nitrogen and oxygen atoms in total. The second-order valence-corrected chi connectivity index (χ2v) is 7.31. The SMILES string of the molecule is OCc1ccc2c(c1)c1c(n2CCCNCc2ccccc2)CCCC1. The summed E-state index contributed by atoms with van der Waals surface area (Å²) in [4.78, 5) is 0. The van der Waals surface area contributed by atoms with Crippen LogP contribution < -0.4 is 5.32 Å². The summed E-state index contributed by atoms with van der Waals surface area (Å²) in [5, 5.41) is 14.4. The maximum absolute atomic E-state index is 9.49. The Morgan fingerprint density at radius 2 is 1.81 bits per heavy atom. The van der Waals surface area contributed by atoms with E-state index in [1.54, 1.807) is 0 Å². The van der Waals surface area contributed by atoms with Crippen molar-refractivity contribution in [3.05, 3.63) is 70.9 Å². The van der Waals surface area contributed by atoms with Crippen LogP contribution in [0.2, 0.25) is 0 Å². The summed E-state index contributed by atoms with van der Waals surface area (Å²) in [7, 11) is 0. The Hall–Kier alpha value is -2.10. The lowest BCUT2D eigenvalue weighted by atomic mass is 9.95. The fourth-order valence-corrected chi connectivity index (χ4v) is 4.23. The van der Waals surface area contributed by atoms with E-state index in [1.165, 1.54) is 53.4 Å². The maximum Gasteiger partial charge on any atom is 0.0682 e. The summed E-state index contributed by atoms with van der Waals surface area (Å²) < 4.78 is 2.54. The standard InChI is InChI=1S/C23H28N2O/c26-17-19-11-12-23-21(15-19)20-9-4-5-10-22(20)25(23)14-6-13-24-16-18-7-2-1-3-8-18/h1-3,7-8,11-12,15,24,26H,4-6,9-10,13-14,16-17H2. The van der Waals surface area contributed by atoms with Crippen LogP contribution in [0.25, 0.3) is 10.9 Å². The van der Waals surface area contributed by atoms with Crippen molar-refractivity contribution in [1.29, 1.82) is 0 Å². The normalized spacial score (nSPS) is 13.9. The molecule has 0 saturated heterocycles. The van der Waals surface area contributed by atoms with E-state index in [2.05, 4.69) is 58.4 Å². The monoisotopic (exact) mass is 348 g/mol. The summed E-state index contributed by atoms with van der Waals surface area (Å²) in [6.45, 7) is 3.15. The molecule has 0 amide bonds. The molecule has 0 fully saturated rings. The molecule has 26 heavy (non-hydrogen) atoms. The zero-order valence-corrected chi connectivity index (χ0v) is 15.4. The molecule has 0 bridgehead atoms. The van der Waals surface area contributed by atoms with Crippen molar-refractivity contribution >= 4 is 10.9 Å². The molecule has 0 radical (unpaired) electrons. The maximum atomic E-state index is 9.49. The van der Waals surface area contributed by atoms with E-state index in [0.29, 0.717) is 0 Å². The van der Waals surface area contributed by atoms with Crippen LogP contribution in [-0.4, -0.2) is 16.2 Å². The molecule has 0 atom stereocenters. The highest BCUT2D eigenvalue weighted by Crippen LogP contribution is 2.33. The lowest BCUT2D eigenvalue weighted by molar-refractivity contribution is 0.282. The predicted octanol–water partition coefficient (Wildman–Crippen LogP) is 4.19. The highest BCUT2D eigenvalue weighted by atomic mass is 16.3. The predicted molar refractivity (Wildman–Crippen MR) is 107 cm³/mol. The average Bonchev–Trinajstić information content (AvgIpc) is 3.02. The molecule has 4 rings (SSSR count). The third-order valence-electron chi connectivity index (χ3n) is 5.53. The summed E-state index contributed by atoms with van der Waals surface area (Å²) >= 11 is 0. The summed E-state index contributed by atoms with van der Waals surface area (Å²) in [6, 6.07) is 17.1. The van der Waals surface area contributed by atoms with E-state index in [9.17, 15) is 5.11 Å². The molecule has 2 aromatic carbocycles. The van der Waals surface area contributed by atoms with Gasteiger partial charge in [-0.2, -0.15) is 0 Å². The van der Waals surface area contributed by atoms with Crippen LogP contribution in [0, 0.1) is 0 Å². The number of aliphatic hydroxyl groups is 1. The van der Waals surface area contributed by atoms with Crippen LogP contribution in [-0.2, 0) is 32.5 Å². The Bertz CT molecular complexity index is 867. The van der Waals surface area contributed by atoms with Gasteiger partial charge < -0.3 is 15.0 Å². The second-order valence-electron chi connectivity index (χ2n) is 7.31. The fraction of sp³-hybridized carbons (Fsp3) is 0.391. The van der Waals surface area contributed by atoms with Crippen molar-refractivity contribution in [2.24, 2.45) is 0 Å². The molecule has 1 aromatic heterocycles. The number of aliphatic hydroxyl groups excluding tert-OH is 1. The van der Waals surface area contributed by atoms with Gasteiger partial charge in [-0.15, -0.1) is 0 Å². The lowest BCUT2D eigenvalue weighted by Gasteiger charge is -2.16. The number of hydrogen-bond acceptors (Lipinski definition) is 2. The number of nitrogens with one attached hydrogen (secondary N) is 1. The molecule has 2 N–H and O–H groups in total. The molecule has 0 unspecified atom stereocenters. The molecule has 136 valence electrons. The van der Waals surface area contributed by atoms with E-state index in [-0.39, 0.29) is 6.61 Å². The quantitative estimate of drug-likeness (QED) is 0.628. The Morgan fingerprint density at radius 1 is 0.962 bits per heavy atom. The molecular weight excluding hydrogens is 320 g/mol. The van der Waals surface area contributed by atoms with Crippen LogP contribution in [0.4, 0.5) is 0 Å². The number of aryl methyl sites for hydroxylation is 2. The molecule has 3 aromatic rings. The average molecular weight is 348 g/mol. The Morgan fingerprint density at radius 3 is 2.65 bits per heavy atom. The van der Waals surface area contributed by atoms with Gasteiger partial charge in [0.2, 0.25) is 0 Å². The molecular formula is C23H28N2O. The van der Waals surface area contributed by atoms with Gasteiger partial charge >= 0.3 is 0 Å². The molecule has 3 heteroatoms. The molecule has 0 aliphatic heterocycles. The van der Waals surface area contributed by atoms with Gasteiger partial charge in [-0.05, 0) is 67.5 Å². The Labute approximate surface area is 155 Å². The van der Waals surface area contributed by atoms with Crippen molar-refractivity contribution in [1.82, 2.24) is 9.88 Å². The van der Waals surface area contributed by atoms with Gasteiger partial charge in [-0.3, -0.25) is 0 Å². The van der Waals surface area contributed by atoms with E-state index < -0.39 is 0 Å². The van der Waals surface area contributed by atoms with Gasteiger partial charge in [0.15, 0.2) is 0 Å². The minimum Gasteiger partial charge on any atom is -0.392 e. The van der Waals surface area contributed by atoms with Crippen LogP contribution in [0.3, 0.4) is 0 Å². The minimum atomic E-state index is 0.124. The third kappa shape index (κ3) is 3.55.